The summed E-state index contributed by atoms with van der Waals surface area (Å²) in [5.74, 6) is -0.494. The molecular formula is C23H21N3O4S. The van der Waals surface area contributed by atoms with Crippen LogP contribution in [0.1, 0.15) is 29.1 Å². The SMILES string of the molecule is O=C(c1nc2ccccc2s1)C1CCN(C(=O)CCn2c(=O)oc3ccccc32)CC1. The monoisotopic (exact) mass is 435 g/mol. The third-order valence-corrected chi connectivity index (χ3v) is 6.90. The standard InChI is InChI=1S/C23H21N3O4S/c27-20(11-14-26-17-6-2-3-7-18(17)30-23(26)29)25-12-9-15(10-13-25)21(28)22-24-16-5-1-4-8-19(16)31-22/h1-8,15H,9-14H2. The number of aromatic nitrogens is 2. The van der Waals surface area contributed by atoms with E-state index in [-0.39, 0.29) is 30.6 Å². The van der Waals surface area contributed by atoms with Crippen LogP contribution >= 0.6 is 11.3 Å². The number of hydrogen-bond donors (Lipinski definition) is 0. The van der Waals surface area contributed by atoms with Crippen molar-refractivity contribution in [1.82, 2.24) is 14.5 Å². The van der Waals surface area contributed by atoms with Gasteiger partial charge in [-0.25, -0.2) is 9.78 Å². The number of nitrogens with zero attached hydrogens (tertiary/aromatic N) is 3. The van der Waals surface area contributed by atoms with Crippen LogP contribution in [0.4, 0.5) is 0 Å². The lowest BCUT2D eigenvalue weighted by Gasteiger charge is -2.31. The van der Waals surface area contributed by atoms with Crippen LogP contribution < -0.4 is 5.76 Å². The molecule has 1 aliphatic rings. The summed E-state index contributed by atoms with van der Waals surface area (Å²) >= 11 is 1.43. The summed E-state index contributed by atoms with van der Waals surface area (Å²) in [5, 5.41) is 0.553. The Kier molecular flexibility index (Phi) is 5.15. The van der Waals surface area contributed by atoms with E-state index >= 15 is 0 Å². The van der Waals surface area contributed by atoms with E-state index in [1.165, 1.54) is 15.9 Å². The molecule has 2 aromatic carbocycles. The molecule has 4 aromatic rings. The molecule has 1 aliphatic heterocycles. The number of likely N-dealkylation sites (tertiary alicyclic amines) is 1. The molecule has 0 radical (unpaired) electrons. The van der Waals surface area contributed by atoms with Gasteiger partial charge in [0.15, 0.2) is 16.4 Å². The van der Waals surface area contributed by atoms with Crippen molar-refractivity contribution in [1.29, 1.82) is 0 Å². The van der Waals surface area contributed by atoms with Gasteiger partial charge >= 0.3 is 5.76 Å². The van der Waals surface area contributed by atoms with Gasteiger partial charge in [0.05, 0.1) is 15.7 Å². The summed E-state index contributed by atoms with van der Waals surface area (Å²) in [6.45, 7) is 1.36. The first-order chi connectivity index (χ1) is 15.1. The normalized spacial score (nSPS) is 15.0. The summed E-state index contributed by atoms with van der Waals surface area (Å²) in [6.07, 6.45) is 1.49. The first-order valence-corrected chi connectivity index (χ1v) is 11.2. The Morgan fingerprint density at radius 3 is 2.61 bits per heavy atom. The topological polar surface area (TPSA) is 85.4 Å². The number of rotatable bonds is 5. The van der Waals surface area contributed by atoms with Crippen LogP contribution in [0.3, 0.4) is 0 Å². The van der Waals surface area contributed by atoms with E-state index in [9.17, 15) is 14.4 Å². The smallest absolute Gasteiger partial charge is 0.408 e. The van der Waals surface area contributed by atoms with Crippen molar-refractivity contribution in [3.63, 3.8) is 0 Å². The molecule has 2 aromatic heterocycles. The Balaban J connectivity index is 1.19. The second-order valence-electron chi connectivity index (χ2n) is 7.74. The number of fused-ring (bicyclic) bond motifs is 2. The van der Waals surface area contributed by atoms with E-state index in [2.05, 4.69) is 4.98 Å². The molecule has 158 valence electrons. The van der Waals surface area contributed by atoms with Crippen molar-refractivity contribution >= 4 is 44.3 Å². The lowest BCUT2D eigenvalue weighted by atomic mass is 9.92. The van der Waals surface area contributed by atoms with Crippen LogP contribution in [-0.2, 0) is 11.3 Å². The summed E-state index contributed by atoms with van der Waals surface area (Å²) in [5.41, 5.74) is 2.07. The number of Topliss-reactive ketones (excluding diaryl/α,β-unsaturated/α-hetero) is 1. The number of aryl methyl sites for hydroxylation is 1. The van der Waals surface area contributed by atoms with E-state index in [0.29, 0.717) is 42.0 Å². The number of ketones is 1. The van der Waals surface area contributed by atoms with Crippen molar-refractivity contribution < 1.29 is 14.0 Å². The van der Waals surface area contributed by atoms with Gasteiger partial charge in [-0.2, -0.15) is 0 Å². The molecule has 0 aliphatic carbocycles. The predicted octanol–water partition coefficient (Wildman–Crippen LogP) is 3.72. The maximum atomic E-state index is 12.9. The van der Waals surface area contributed by atoms with Crippen molar-refractivity contribution in [2.45, 2.75) is 25.8 Å². The second-order valence-corrected chi connectivity index (χ2v) is 8.77. The van der Waals surface area contributed by atoms with Crippen molar-refractivity contribution in [3.8, 4) is 0 Å². The highest BCUT2D eigenvalue weighted by molar-refractivity contribution is 7.20. The number of benzene rings is 2. The van der Waals surface area contributed by atoms with E-state index in [1.54, 1.807) is 17.0 Å². The number of amides is 1. The molecule has 7 nitrogen and oxygen atoms in total. The summed E-state index contributed by atoms with van der Waals surface area (Å²) in [6, 6.07) is 14.9. The van der Waals surface area contributed by atoms with Gasteiger partial charge in [0, 0.05) is 32.0 Å². The van der Waals surface area contributed by atoms with Crippen molar-refractivity contribution in [2.24, 2.45) is 5.92 Å². The number of carbonyl (C=O) groups is 2. The number of thiazole rings is 1. The van der Waals surface area contributed by atoms with Crippen LogP contribution in [0.2, 0.25) is 0 Å². The molecule has 0 bridgehead atoms. The molecule has 0 saturated carbocycles. The highest BCUT2D eigenvalue weighted by atomic mass is 32.1. The molecule has 0 unspecified atom stereocenters. The van der Waals surface area contributed by atoms with Gasteiger partial charge in [-0.15, -0.1) is 11.3 Å². The molecule has 0 N–H and O–H groups in total. The molecule has 3 heterocycles. The Morgan fingerprint density at radius 1 is 1.06 bits per heavy atom. The maximum absolute atomic E-state index is 12.9. The Hall–Kier alpha value is -3.26. The van der Waals surface area contributed by atoms with Crippen LogP contribution in [0, 0.1) is 5.92 Å². The molecule has 1 saturated heterocycles. The molecule has 0 spiro atoms. The molecule has 1 fully saturated rings. The average Bonchev–Trinajstić information content (AvgIpc) is 3.37. The van der Waals surface area contributed by atoms with Gasteiger partial charge in [0.25, 0.3) is 0 Å². The highest BCUT2D eigenvalue weighted by Gasteiger charge is 2.29. The van der Waals surface area contributed by atoms with E-state index in [1.807, 2.05) is 36.4 Å². The number of piperidine rings is 1. The van der Waals surface area contributed by atoms with Crippen LogP contribution in [0.25, 0.3) is 21.3 Å². The van der Waals surface area contributed by atoms with Crippen molar-refractivity contribution in [2.75, 3.05) is 13.1 Å². The zero-order chi connectivity index (χ0) is 21.4. The zero-order valence-corrected chi connectivity index (χ0v) is 17.6. The number of hydrogen-bond acceptors (Lipinski definition) is 6. The minimum atomic E-state index is -0.450. The molecule has 5 rings (SSSR count). The third-order valence-electron chi connectivity index (χ3n) is 5.85. The van der Waals surface area contributed by atoms with E-state index < -0.39 is 5.76 Å². The van der Waals surface area contributed by atoms with Gasteiger partial charge in [0.2, 0.25) is 5.91 Å². The third kappa shape index (κ3) is 3.79. The molecule has 31 heavy (non-hydrogen) atoms. The minimum absolute atomic E-state index is 0.0110. The van der Waals surface area contributed by atoms with E-state index in [4.69, 9.17) is 4.42 Å². The molecule has 8 heteroatoms. The number of oxazole rings is 1. The average molecular weight is 436 g/mol. The molecule has 0 atom stereocenters. The Labute approximate surface area is 181 Å². The van der Waals surface area contributed by atoms with Gasteiger partial charge in [0.1, 0.15) is 0 Å². The quantitative estimate of drug-likeness (QED) is 0.446. The Morgan fingerprint density at radius 2 is 1.81 bits per heavy atom. The fraction of sp³-hybridized carbons (Fsp3) is 0.304. The van der Waals surface area contributed by atoms with Crippen LogP contribution in [-0.4, -0.2) is 39.2 Å². The summed E-state index contributed by atoms with van der Waals surface area (Å²) < 4.78 is 7.73. The predicted molar refractivity (Wildman–Crippen MR) is 118 cm³/mol. The fourth-order valence-corrected chi connectivity index (χ4v) is 5.12. The lowest BCUT2D eigenvalue weighted by Crippen LogP contribution is -2.40. The summed E-state index contributed by atoms with van der Waals surface area (Å²) in [4.78, 5) is 43.9. The van der Waals surface area contributed by atoms with Gasteiger partial charge in [-0.1, -0.05) is 24.3 Å². The maximum Gasteiger partial charge on any atom is 0.419 e. The van der Waals surface area contributed by atoms with Gasteiger partial charge < -0.3 is 9.32 Å². The van der Waals surface area contributed by atoms with Crippen molar-refractivity contribution in [3.05, 3.63) is 64.1 Å². The minimum Gasteiger partial charge on any atom is -0.408 e. The van der Waals surface area contributed by atoms with Crippen LogP contribution in [0.5, 0.6) is 0 Å². The number of carbonyl (C=O) groups excluding carboxylic acids is 2. The van der Waals surface area contributed by atoms with E-state index in [0.717, 1.165) is 10.2 Å². The lowest BCUT2D eigenvalue weighted by molar-refractivity contribution is -0.132. The largest absolute Gasteiger partial charge is 0.419 e. The molecule has 1 amide bonds. The second kappa shape index (κ2) is 8.11. The fourth-order valence-electron chi connectivity index (χ4n) is 4.13. The highest BCUT2D eigenvalue weighted by Crippen LogP contribution is 2.27. The molecular weight excluding hydrogens is 414 g/mol. The first-order valence-electron chi connectivity index (χ1n) is 10.4. The number of para-hydroxylation sites is 3. The Bertz CT molecular complexity index is 1290. The van der Waals surface area contributed by atoms with Gasteiger partial charge in [-0.05, 0) is 37.1 Å². The summed E-state index contributed by atoms with van der Waals surface area (Å²) in [7, 11) is 0. The zero-order valence-electron chi connectivity index (χ0n) is 16.8. The van der Waals surface area contributed by atoms with Gasteiger partial charge in [-0.3, -0.25) is 14.2 Å². The first kappa shape index (κ1) is 19.7. The van der Waals surface area contributed by atoms with Crippen LogP contribution in [0.15, 0.2) is 57.7 Å².